The predicted molar refractivity (Wildman–Crippen MR) is 79.2 cm³/mol. The molecule has 1 aliphatic carbocycles. The number of ketones is 1. The van der Waals surface area contributed by atoms with Crippen LogP contribution < -0.4 is 0 Å². The fourth-order valence-corrected chi connectivity index (χ4v) is 2.46. The third kappa shape index (κ3) is 4.77. The van der Waals surface area contributed by atoms with Gasteiger partial charge in [-0.1, -0.05) is 6.42 Å². The highest BCUT2D eigenvalue weighted by atomic mass is 16.4. The van der Waals surface area contributed by atoms with E-state index in [0.29, 0.717) is 19.4 Å². The number of unbranched alkanes of at least 4 members (excludes halogenated alkanes) is 2. The van der Waals surface area contributed by atoms with Gasteiger partial charge in [0.25, 0.3) is 0 Å². The number of nitrogens with zero attached hydrogens (tertiary/aromatic N) is 2. The summed E-state index contributed by atoms with van der Waals surface area (Å²) in [5, 5.41) is 16.8. The number of hydrogen-bond donors (Lipinski definition) is 1. The molecule has 112 valence electrons. The summed E-state index contributed by atoms with van der Waals surface area (Å²) in [4.78, 5) is 22.1. The number of carboxylic acids is 1. The molecule has 0 saturated carbocycles. The van der Waals surface area contributed by atoms with Crippen molar-refractivity contribution in [3.63, 3.8) is 0 Å². The number of aliphatic carboxylic acids is 1. The SMILES string of the molecule is O=C(O)CCCCCN=Nc1ccc2c(c1)CCCC2=O. The summed E-state index contributed by atoms with van der Waals surface area (Å²) in [5.74, 6) is -0.529. The minimum Gasteiger partial charge on any atom is -0.481 e. The zero-order valence-electron chi connectivity index (χ0n) is 12.0. The number of Topliss-reactive ketones (excluding diaryl/α,β-unsaturated/α-hetero) is 1. The van der Waals surface area contributed by atoms with Crippen molar-refractivity contribution in [3.8, 4) is 0 Å². The molecule has 0 fully saturated rings. The lowest BCUT2D eigenvalue weighted by Gasteiger charge is -2.14. The summed E-state index contributed by atoms with van der Waals surface area (Å²) in [7, 11) is 0. The van der Waals surface area contributed by atoms with E-state index in [1.165, 1.54) is 0 Å². The molecular formula is C16H20N2O3. The van der Waals surface area contributed by atoms with E-state index in [9.17, 15) is 9.59 Å². The molecule has 0 spiro atoms. The van der Waals surface area contributed by atoms with Crippen LogP contribution in [0.15, 0.2) is 28.4 Å². The van der Waals surface area contributed by atoms with Gasteiger partial charge >= 0.3 is 5.97 Å². The molecule has 5 heteroatoms. The maximum Gasteiger partial charge on any atom is 0.303 e. The lowest BCUT2D eigenvalue weighted by Crippen LogP contribution is -2.09. The second-order valence-corrected chi connectivity index (χ2v) is 5.29. The molecule has 0 radical (unpaired) electrons. The Bertz CT molecular complexity index is 552. The van der Waals surface area contributed by atoms with E-state index in [1.807, 2.05) is 18.2 Å². The first-order chi connectivity index (χ1) is 10.2. The number of aryl methyl sites for hydroxylation is 1. The van der Waals surface area contributed by atoms with Gasteiger partial charge in [0.15, 0.2) is 5.78 Å². The summed E-state index contributed by atoms with van der Waals surface area (Å²) >= 11 is 0. The molecule has 1 aromatic rings. The molecule has 1 aromatic carbocycles. The quantitative estimate of drug-likeness (QED) is 0.609. The topological polar surface area (TPSA) is 79.1 Å². The average molecular weight is 288 g/mol. The van der Waals surface area contributed by atoms with Crippen molar-refractivity contribution in [3.05, 3.63) is 29.3 Å². The van der Waals surface area contributed by atoms with Crippen LogP contribution in [-0.2, 0) is 11.2 Å². The van der Waals surface area contributed by atoms with Gasteiger partial charge in [-0.2, -0.15) is 10.2 Å². The fraction of sp³-hybridized carbons (Fsp3) is 0.500. The summed E-state index contributed by atoms with van der Waals surface area (Å²) in [6.45, 7) is 0.607. The van der Waals surface area contributed by atoms with Crippen molar-refractivity contribution in [2.45, 2.75) is 44.9 Å². The average Bonchev–Trinajstić information content (AvgIpc) is 2.46. The Labute approximate surface area is 124 Å². The number of carbonyl (C=O) groups excluding carboxylic acids is 1. The van der Waals surface area contributed by atoms with Gasteiger partial charge in [0, 0.05) is 18.4 Å². The van der Waals surface area contributed by atoms with Crippen LogP contribution in [0.25, 0.3) is 0 Å². The van der Waals surface area contributed by atoms with E-state index in [2.05, 4.69) is 10.2 Å². The molecular weight excluding hydrogens is 268 g/mol. The Morgan fingerprint density at radius 2 is 2.05 bits per heavy atom. The maximum absolute atomic E-state index is 11.7. The van der Waals surface area contributed by atoms with E-state index >= 15 is 0 Å². The van der Waals surface area contributed by atoms with Crippen molar-refractivity contribution in [1.29, 1.82) is 0 Å². The lowest BCUT2D eigenvalue weighted by atomic mass is 9.90. The summed E-state index contributed by atoms with van der Waals surface area (Å²) in [6, 6.07) is 5.62. The predicted octanol–water partition coefficient (Wildman–Crippen LogP) is 3.93. The molecule has 0 aliphatic heterocycles. The number of rotatable bonds is 7. The maximum atomic E-state index is 11.7. The van der Waals surface area contributed by atoms with Crippen LogP contribution in [0.3, 0.4) is 0 Å². The van der Waals surface area contributed by atoms with E-state index < -0.39 is 5.97 Å². The first kappa shape index (κ1) is 15.4. The van der Waals surface area contributed by atoms with Crippen LogP contribution in [0, 0.1) is 0 Å². The first-order valence-electron chi connectivity index (χ1n) is 7.42. The van der Waals surface area contributed by atoms with Crippen LogP contribution in [0.5, 0.6) is 0 Å². The minimum atomic E-state index is -0.750. The molecule has 2 rings (SSSR count). The second kappa shape index (κ2) is 7.67. The highest BCUT2D eigenvalue weighted by molar-refractivity contribution is 5.98. The summed E-state index contributed by atoms with van der Waals surface area (Å²) in [5.41, 5.74) is 2.69. The molecule has 1 aliphatic rings. The van der Waals surface area contributed by atoms with Crippen LogP contribution in [0.1, 0.15) is 54.4 Å². The fourth-order valence-electron chi connectivity index (χ4n) is 2.46. The monoisotopic (exact) mass is 288 g/mol. The van der Waals surface area contributed by atoms with Gasteiger partial charge in [-0.3, -0.25) is 9.59 Å². The number of carboxylic acid groups (broad SMARTS) is 1. The van der Waals surface area contributed by atoms with E-state index in [1.54, 1.807) is 0 Å². The Morgan fingerprint density at radius 1 is 1.19 bits per heavy atom. The van der Waals surface area contributed by atoms with E-state index in [4.69, 9.17) is 5.11 Å². The number of benzene rings is 1. The van der Waals surface area contributed by atoms with Gasteiger partial charge in [-0.05, 0) is 49.4 Å². The second-order valence-electron chi connectivity index (χ2n) is 5.29. The van der Waals surface area contributed by atoms with Gasteiger partial charge in [-0.15, -0.1) is 0 Å². The van der Waals surface area contributed by atoms with Crippen molar-refractivity contribution < 1.29 is 14.7 Å². The van der Waals surface area contributed by atoms with Gasteiger partial charge in [0.05, 0.1) is 12.2 Å². The highest BCUT2D eigenvalue weighted by Gasteiger charge is 2.16. The number of carbonyl (C=O) groups is 2. The van der Waals surface area contributed by atoms with Crippen molar-refractivity contribution >= 4 is 17.4 Å². The third-order valence-corrected chi connectivity index (χ3v) is 3.57. The third-order valence-electron chi connectivity index (χ3n) is 3.57. The lowest BCUT2D eigenvalue weighted by molar-refractivity contribution is -0.137. The van der Waals surface area contributed by atoms with Crippen molar-refractivity contribution in [2.24, 2.45) is 10.2 Å². The number of hydrogen-bond acceptors (Lipinski definition) is 4. The Morgan fingerprint density at radius 3 is 2.86 bits per heavy atom. The molecule has 0 aromatic heterocycles. The van der Waals surface area contributed by atoms with Gasteiger partial charge in [-0.25, -0.2) is 0 Å². The summed E-state index contributed by atoms with van der Waals surface area (Å²) < 4.78 is 0. The van der Waals surface area contributed by atoms with Crippen molar-refractivity contribution in [2.75, 3.05) is 6.54 Å². The zero-order chi connectivity index (χ0) is 15.1. The van der Waals surface area contributed by atoms with Gasteiger partial charge < -0.3 is 5.11 Å². The number of azo groups is 1. The largest absolute Gasteiger partial charge is 0.481 e. The van der Waals surface area contributed by atoms with Crippen LogP contribution in [0.4, 0.5) is 5.69 Å². The molecule has 0 heterocycles. The minimum absolute atomic E-state index is 0.218. The Hall–Kier alpha value is -2.04. The Kier molecular flexibility index (Phi) is 5.60. The highest BCUT2D eigenvalue weighted by Crippen LogP contribution is 2.25. The molecule has 0 unspecified atom stereocenters. The Balaban J connectivity index is 1.79. The van der Waals surface area contributed by atoms with Crippen LogP contribution >= 0.6 is 0 Å². The zero-order valence-corrected chi connectivity index (χ0v) is 12.0. The van der Waals surface area contributed by atoms with E-state index in [0.717, 1.165) is 42.5 Å². The van der Waals surface area contributed by atoms with Gasteiger partial charge in [0.1, 0.15) is 0 Å². The van der Waals surface area contributed by atoms with Crippen LogP contribution in [-0.4, -0.2) is 23.4 Å². The molecule has 0 atom stereocenters. The normalized spacial score (nSPS) is 14.4. The molecule has 21 heavy (non-hydrogen) atoms. The molecule has 0 saturated heterocycles. The standard InChI is InChI=1S/C16H20N2O3/c19-15-6-4-5-12-11-13(8-9-14(12)15)18-17-10-3-1-2-7-16(20)21/h8-9,11H,1-7,10H2,(H,20,21). The first-order valence-corrected chi connectivity index (χ1v) is 7.42. The smallest absolute Gasteiger partial charge is 0.303 e. The molecule has 0 amide bonds. The summed E-state index contributed by atoms with van der Waals surface area (Å²) in [6.07, 6.45) is 5.09. The number of fused-ring (bicyclic) bond motifs is 1. The molecule has 1 N–H and O–H groups in total. The van der Waals surface area contributed by atoms with E-state index in [-0.39, 0.29) is 12.2 Å². The molecule has 5 nitrogen and oxygen atoms in total. The van der Waals surface area contributed by atoms with Crippen molar-refractivity contribution in [1.82, 2.24) is 0 Å². The molecule has 0 bridgehead atoms. The van der Waals surface area contributed by atoms with Crippen LogP contribution in [0.2, 0.25) is 0 Å². The van der Waals surface area contributed by atoms with Gasteiger partial charge in [0.2, 0.25) is 0 Å².